The first-order valence-corrected chi connectivity index (χ1v) is 4.67. The molecule has 0 aliphatic rings. The molecule has 0 spiro atoms. The Morgan fingerprint density at radius 3 is 2.71 bits per heavy atom. The molecule has 1 rings (SSSR count). The molecule has 0 amide bonds. The number of benzene rings is 1. The van der Waals surface area contributed by atoms with E-state index in [0.29, 0.717) is 0 Å². The van der Waals surface area contributed by atoms with Gasteiger partial charge in [0.2, 0.25) is 6.29 Å². The van der Waals surface area contributed by atoms with E-state index in [9.17, 15) is 4.79 Å². The minimum Gasteiger partial charge on any atom is -0.365 e. The van der Waals surface area contributed by atoms with Crippen LogP contribution >= 0.6 is 12.6 Å². The van der Waals surface area contributed by atoms with Gasteiger partial charge in [0.25, 0.3) is 0 Å². The van der Waals surface area contributed by atoms with Crippen molar-refractivity contribution in [2.75, 3.05) is 6.54 Å². The van der Waals surface area contributed by atoms with Crippen molar-refractivity contribution in [3.8, 4) is 0 Å². The number of nitrogens with one attached hydrogen (secondary N) is 2. The predicted molar refractivity (Wildman–Crippen MR) is 59.6 cm³/mol. The quantitative estimate of drug-likeness (QED) is 0.396. The molecule has 1 radical (unpaired) electrons. The molecule has 0 heterocycles. The summed E-state index contributed by atoms with van der Waals surface area (Å²) in [5.74, 6) is 0.211. The summed E-state index contributed by atoms with van der Waals surface area (Å²) in [4.78, 5) is 9.96. The molecule has 0 bridgehead atoms. The van der Waals surface area contributed by atoms with E-state index < -0.39 is 0 Å². The van der Waals surface area contributed by atoms with Gasteiger partial charge in [0.15, 0.2) is 0 Å². The topological polar surface area (TPSA) is 53.0 Å². The number of hydrogen-bond donors (Lipinski definition) is 3. The maximum atomic E-state index is 9.96. The highest BCUT2D eigenvalue weighted by Gasteiger charge is 2.10. The van der Waals surface area contributed by atoms with Crippen LogP contribution in [0.4, 0.5) is 0 Å². The summed E-state index contributed by atoms with van der Waals surface area (Å²) in [5.41, 5.74) is 0.930. The Labute approximate surface area is 88.4 Å². The molecule has 0 saturated heterocycles. The van der Waals surface area contributed by atoms with E-state index in [4.69, 9.17) is 5.41 Å². The number of hydrogen-bond acceptors (Lipinski definition) is 3. The third kappa shape index (κ3) is 2.88. The monoisotopic (exact) mass is 207 g/mol. The van der Waals surface area contributed by atoms with Crippen LogP contribution in [0.1, 0.15) is 10.8 Å². The van der Waals surface area contributed by atoms with Gasteiger partial charge in [-0.3, -0.25) is 10.2 Å². The predicted octanol–water partition coefficient (Wildman–Crippen LogP) is 1.33. The Kier molecular flexibility index (Phi) is 4.19. The fraction of sp³-hybridized carbons (Fsp3) is 0.200. The van der Waals surface area contributed by atoms with Gasteiger partial charge in [0, 0.05) is 0 Å². The molecule has 4 heteroatoms. The van der Waals surface area contributed by atoms with Gasteiger partial charge in [-0.15, -0.1) is 0 Å². The highest BCUT2D eigenvalue weighted by molar-refractivity contribution is 7.81. The van der Waals surface area contributed by atoms with Crippen LogP contribution in [0.2, 0.25) is 0 Å². The lowest BCUT2D eigenvalue weighted by Crippen LogP contribution is -2.27. The fourth-order valence-electron chi connectivity index (χ4n) is 1.03. The molecule has 3 nitrogen and oxygen atoms in total. The SMILES string of the molecule is N=C(NC[C]=O)C(S)c1ccccc1. The summed E-state index contributed by atoms with van der Waals surface area (Å²) in [6.45, 7) is 0.0305. The molecule has 0 aliphatic carbocycles. The molecule has 1 aromatic carbocycles. The van der Waals surface area contributed by atoms with Crippen LogP contribution in [0.15, 0.2) is 30.3 Å². The van der Waals surface area contributed by atoms with Gasteiger partial charge in [-0.25, -0.2) is 0 Å². The van der Waals surface area contributed by atoms with Crippen LogP contribution in [0.5, 0.6) is 0 Å². The molecule has 73 valence electrons. The van der Waals surface area contributed by atoms with Gasteiger partial charge in [-0.1, -0.05) is 30.3 Å². The molecule has 2 N–H and O–H groups in total. The molecule has 0 saturated carbocycles. The van der Waals surface area contributed by atoms with E-state index in [1.54, 1.807) is 6.29 Å². The summed E-state index contributed by atoms with van der Waals surface area (Å²) in [6, 6.07) is 9.45. The first-order valence-electron chi connectivity index (χ1n) is 4.16. The lowest BCUT2D eigenvalue weighted by Gasteiger charge is -2.12. The van der Waals surface area contributed by atoms with E-state index in [2.05, 4.69) is 17.9 Å². The summed E-state index contributed by atoms with van der Waals surface area (Å²) < 4.78 is 0. The van der Waals surface area contributed by atoms with Crippen molar-refractivity contribution in [1.29, 1.82) is 5.41 Å². The Morgan fingerprint density at radius 1 is 1.50 bits per heavy atom. The second kappa shape index (κ2) is 5.44. The molecule has 0 aromatic heterocycles. The van der Waals surface area contributed by atoms with Crippen molar-refractivity contribution in [1.82, 2.24) is 5.32 Å². The number of rotatable bonds is 4. The minimum atomic E-state index is -0.315. The fourth-order valence-corrected chi connectivity index (χ4v) is 1.29. The smallest absolute Gasteiger partial charge is 0.219 e. The van der Waals surface area contributed by atoms with E-state index in [0.717, 1.165) is 5.56 Å². The summed E-state index contributed by atoms with van der Waals surface area (Å²) in [7, 11) is 0. The molecular weight excluding hydrogens is 196 g/mol. The Balaban J connectivity index is 2.61. The second-order valence-electron chi connectivity index (χ2n) is 2.72. The van der Waals surface area contributed by atoms with Crippen LogP contribution in [0, 0.1) is 5.41 Å². The van der Waals surface area contributed by atoms with Gasteiger partial charge in [-0.2, -0.15) is 12.6 Å². The van der Waals surface area contributed by atoms with Gasteiger partial charge in [-0.05, 0) is 5.56 Å². The maximum Gasteiger partial charge on any atom is 0.219 e. The van der Waals surface area contributed by atoms with Crippen molar-refractivity contribution in [3.05, 3.63) is 35.9 Å². The maximum absolute atomic E-state index is 9.96. The van der Waals surface area contributed by atoms with Gasteiger partial charge < -0.3 is 5.32 Å². The van der Waals surface area contributed by atoms with Crippen LogP contribution in [-0.4, -0.2) is 18.7 Å². The number of carbonyl (C=O) groups excluding carboxylic acids is 1. The normalized spacial score (nSPS) is 11.8. The summed E-state index contributed by atoms with van der Waals surface area (Å²) >= 11 is 4.27. The van der Waals surface area contributed by atoms with Crippen LogP contribution in [0.25, 0.3) is 0 Å². The molecule has 0 aliphatic heterocycles. The Bertz CT molecular complexity index is 313. The lowest BCUT2D eigenvalue weighted by molar-refractivity contribution is 0.554. The molecule has 1 atom stereocenters. The second-order valence-corrected chi connectivity index (χ2v) is 3.24. The standard InChI is InChI=1S/C10H11N2OS/c11-10(12-6-7-13)9(14)8-4-2-1-3-5-8/h1-5,9,14H,6H2,(H2,11,12). The molecule has 0 fully saturated rings. The van der Waals surface area contributed by atoms with Crippen molar-refractivity contribution < 1.29 is 4.79 Å². The Hall–Kier alpha value is -1.29. The zero-order chi connectivity index (χ0) is 10.4. The highest BCUT2D eigenvalue weighted by Crippen LogP contribution is 2.19. The number of thiol groups is 1. The van der Waals surface area contributed by atoms with Crippen LogP contribution < -0.4 is 5.32 Å². The van der Waals surface area contributed by atoms with E-state index in [-0.39, 0.29) is 17.6 Å². The van der Waals surface area contributed by atoms with Crippen molar-refractivity contribution in [2.24, 2.45) is 0 Å². The van der Waals surface area contributed by atoms with Crippen LogP contribution in [-0.2, 0) is 4.79 Å². The molecule has 14 heavy (non-hydrogen) atoms. The molecular formula is C10H11N2OS. The average molecular weight is 207 g/mol. The van der Waals surface area contributed by atoms with Crippen molar-refractivity contribution in [3.63, 3.8) is 0 Å². The lowest BCUT2D eigenvalue weighted by atomic mass is 10.1. The zero-order valence-electron chi connectivity index (χ0n) is 7.53. The van der Waals surface area contributed by atoms with Crippen molar-refractivity contribution in [2.45, 2.75) is 5.25 Å². The third-order valence-corrected chi connectivity index (χ3v) is 2.30. The third-order valence-electron chi connectivity index (χ3n) is 1.74. The largest absolute Gasteiger partial charge is 0.365 e. The molecule has 1 unspecified atom stereocenters. The zero-order valence-corrected chi connectivity index (χ0v) is 8.42. The van der Waals surface area contributed by atoms with Gasteiger partial charge in [0.1, 0.15) is 5.84 Å². The summed E-state index contributed by atoms with van der Waals surface area (Å²) in [6.07, 6.45) is 1.67. The number of amidine groups is 1. The van der Waals surface area contributed by atoms with E-state index in [1.807, 2.05) is 30.3 Å². The first-order chi connectivity index (χ1) is 6.75. The average Bonchev–Trinajstić information content (AvgIpc) is 2.26. The van der Waals surface area contributed by atoms with E-state index >= 15 is 0 Å². The van der Waals surface area contributed by atoms with E-state index in [1.165, 1.54) is 0 Å². The van der Waals surface area contributed by atoms with Gasteiger partial charge >= 0.3 is 0 Å². The van der Waals surface area contributed by atoms with Crippen LogP contribution in [0.3, 0.4) is 0 Å². The summed E-state index contributed by atoms with van der Waals surface area (Å²) in [5, 5.41) is 9.87. The highest BCUT2D eigenvalue weighted by atomic mass is 32.1. The van der Waals surface area contributed by atoms with Gasteiger partial charge in [0.05, 0.1) is 11.8 Å². The first kappa shape index (κ1) is 10.8. The minimum absolute atomic E-state index is 0.0305. The van der Waals surface area contributed by atoms with Crippen molar-refractivity contribution >= 4 is 24.8 Å². The Morgan fingerprint density at radius 2 is 2.14 bits per heavy atom. The molecule has 1 aromatic rings.